The van der Waals surface area contributed by atoms with Crippen LogP contribution in [0.15, 0.2) is 30.5 Å². The number of aryl methyl sites for hydroxylation is 1. The highest BCUT2D eigenvalue weighted by Gasteiger charge is 2.14. The molecular formula is C18H21N5. The SMILES string of the molecule is Cc1cnc(C#N)nc1Cc1cccc(N2CCN(C)CC2)c1. The standard InChI is InChI=1S/C18H21N5/c1-14-13-20-18(12-19)21-17(14)11-15-4-3-5-16(10-15)23-8-6-22(2)7-9-23/h3-5,10,13H,6-9,11H2,1-2H3. The Bertz CT molecular complexity index is 726. The molecular weight excluding hydrogens is 286 g/mol. The Kier molecular flexibility index (Phi) is 4.54. The van der Waals surface area contributed by atoms with E-state index in [-0.39, 0.29) is 5.82 Å². The largest absolute Gasteiger partial charge is 0.369 e. The zero-order chi connectivity index (χ0) is 16.2. The van der Waals surface area contributed by atoms with Crippen molar-refractivity contribution in [1.82, 2.24) is 14.9 Å². The highest BCUT2D eigenvalue weighted by molar-refractivity contribution is 5.50. The molecule has 0 radical (unpaired) electrons. The lowest BCUT2D eigenvalue weighted by atomic mass is 10.1. The van der Waals surface area contributed by atoms with E-state index >= 15 is 0 Å². The summed E-state index contributed by atoms with van der Waals surface area (Å²) in [6.45, 7) is 6.30. The lowest BCUT2D eigenvalue weighted by Gasteiger charge is -2.34. The maximum absolute atomic E-state index is 8.97. The van der Waals surface area contributed by atoms with Crippen molar-refractivity contribution < 1.29 is 0 Å². The van der Waals surface area contributed by atoms with Gasteiger partial charge in [0.15, 0.2) is 0 Å². The summed E-state index contributed by atoms with van der Waals surface area (Å²) in [6.07, 6.45) is 2.45. The van der Waals surface area contributed by atoms with Gasteiger partial charge in [0.05, 0.1) is 5.69 Å². The van der Waals surface area contributed by atoms with Gasteiger partial charge in [0.2, 0.25) is 5.82 Å². The molecule has 0 spiro atoms. The smallest absolute Gasteiger partial charge is 0.232 e. The highest BCUT2D eigenvalue weighted by Crippen LogP contribution is 2.20. The number of hydrogen-bond acceptors (Lipinski definition) is 5. The van der Waals surface area contributed by atoms with Crippen LogP contribution < -0.4 is 4.90 Å². The molecule has 2 heterocycles. The van der Waals surface area contributed by atoms with E-state index in [4.69, 9.17) is 5.26 Å². The number of piperazine rings is 1. The second-order valence-corrected chi connectivity index (χ2v) is 6.07. The Morgan fingerprint density at radius 1 is 1.22 bits per heavy atom. The lowest BCUT2D eigenvalue weighted by Crippen LogP contribution is -2.44. The average molecular weight is 307 g/mol. The number of nitrogens with zero attached hydrogens (tertiary/aromatic N) is 5. The average Bonchev–Trinajstić information content (AvgIpc) is 2.58. The minimum atomic E-state index is 0.237. The van der Waals surface area contributed by atoms with E-state index in [1.165, 1.54) is 11.3 Å². The van der Waals surface area contributed by atoms with Gasteiger partial charge in [0.1, 0.15) is 6.07 Å². The number of benzene rings is 1. The third-order valence-electron chi connectivity index (χ3n) is 4.33. The zero-order valence-electron chi connectivity index (χ0n) is 13.7. The molecule has 0 atom stereocenters. The van der Waals surface area contributed by atoms with Crippen LogP contribution in [0.5, 0.6) is 0 Å². The predicted octanol–water partition coefficient (Wildman–Crippen LogP) is 2.00. The molecule has 1 aliphatic heterocycles. The molecule has 0 aliphatic carbocycles. The Labute approximate surface area is 137 Å². The van der Waals surface area contributed by atoms with Crippen LogP contribution >= 0.6 is 0 Å². The summed E-state index contributed by atoms with van der Waals surface area (Å²) >= 11 is 0. The predicted molar refractivity (Wildman–Crippen MR) is 90.4 cm³/mol. The summed E-state index contributed by atoms with van der Waals surface area (Å²) in [7, 11) is 2.17. The number of rotatable bonds is 3. The molecule has 0 N–H and O–H groups in total. The van der Waals surface area contributed by atoms with Gasteiger partial charge in [0.25, 0.3) is 0 Å². The molecule has 0 saturated carbocycles. The Morgan fingerprint density at radius 3 is 2.74 bits per heavy atom. The summed E-state index contributed by atoms with van der Waals surface area (Å²) in [5.41, 5.74) is 4.43. The fourth-order valence-electron chi connectivity index (χ4n) is 2.83. The van der Waals surface area contributed by atoms with E-state index in [0.29, 0.717) is 0 Å². The van der Waals surface area contributed by atoms with Gasteiger partial charge in [-0.15, -0.1) is 0 Å². The molecule has 0 unspecified atom stereocenters. The third-order valence-corrected chi connectivity index (χ3v) is 4.33. The molecule has 0 bridgehead atoms. The molecule has 5 heteroatoms. The molecule has 23 heavy (non-hydrogen) atoms. The van der Waals surface area contributed by atoms with E-state index in [2.05, 4.69) is 51.1 Å². The van der Waals surface area contributed by atoms with Crippen LogP contribution in [0, 0.1) is 18.3 Å². The van der Waals surface area contributed by atoms with Gasteiger partial charge in [-0.2, -0.15) is 5.26 Å². The molecule has 1 aromatic carbocycles. The van der Waals surface area contributed by atoms with Crippen LogP contribution in [0.1, 0.15) is 22.6 Å². The van der Waals surface area contributed by atoms with Gasteiger partial charge in [0, 0.05) is 44.5 Å². The molecule has 118 valence electrons. The van der Waals surface area contributed by atoms with Crippen LogP contribution in [0.3, 0.4) is 0 Å². The number of likely N-dealkylation sites (N-methyl/N-ethyl adjacent to an activating group) is 1. The summed E-state index contributed by atoms with van der Waals surface area (Å²) in [4.78, 5) is 13.1. The lowest BCUT2D eigenvalue weighted by molar-refractivity contribution is 0.313. The molecule has 1 saturated heterocycles. The van der Waals surface area contributed by atoms with Gasteiger partial charge in [-0.1, -0.05) is 12.1 Å². The van der Waals surface area contributed by atoms with Crippen molar-refractivity contribution in [2.24, 2.45) is 0 Å². The zero-order valence-corrected chi connectivity index (χ0v) is 13.7. The van der Waals surface area contributed by atoms with Gasteiger partial charge in [-0.3, -0.25) is 0 Å². The first-order valence-electron chi connectivity index (χ1n) is 7.91. The maximum Gasteiger partial charge on any atom is 0.232 e. The van der Waals surface area contributed by atoms with E-state index in [1.807, 2.05) is 13.0 Å². The molecule has 5 nitrogen and oxygen atoms in total. The van der Waals surface area contributed by atoms with E-state index in [1.54, 1.807) is 6.20 Å². The van der Waals surface area contributed by atoms with Crippen LogP contribution in [-0.4, -0.2) is 48.1 Å². The summed E-state index contributed by atoms with van der Waals surface area (Å²) in [5, 5.41) is 8.97. The van der Waals surface area contributed by atoms with Gasteiger partial charge < -0.3 is 9.80 Å². The molecule has 0 amide bonds. The first-order valence-corrected chi connectivity index (χ1v) is 7.91. The van der Waals surface area contributed by atoms with Crippen molar-refractivity contribution in [3.8, 4) is 6.07 Å². The minimum Gasteiger partial charge on any atom is -0.369 e. The first-order chi connectivity index (χ1) is 11.2. The quantitative estimate of drug-likeness (QED) is 0.868. The van der Waals surface area contributed by atoms with Crippen molar-refractivity contribution in [2.45, 2.75) is 13.3 Å². The summed E-state index contributed by atoms with van der Waals surface area (Å²) in [6, 6.07) is 10.6. The molecule has 1 aliphatic rings. The van der Waals surface area contributed by atoms with Crippen LogP contribution in [0.4, 0.5) is 5.69 Å². The monoisotopic (exact) mass is 307 g/mol. The van der Waals surface area contributed by atoms with Crippen molar-refractivity contribution >= 4 is 5.69 Å². The van der Waals surface area contributed by atoms with Crippen LogP contribution in [0.25, 0.3) is 0 Å². The van der Waals surface area contributed by atoms with Crippen molar-refractivity contribution in [3.05, 3.63) is 53.1 Å². The van der Waals surface area contributed by atoms with Crippen LogP contribution in [-0.2, 0) is 6.42 Å². The Balaban J connectivity index is 1.79. The summed E-state index contributed by atoms with van der Waals surface area (Å²) < 4.78 is 0. The highest BCUT2D eigenvalue weighted by atomic mass is 15.2. The maximum atomic E-state index is 8.97. The Hall–Kier alpha value is -2.45. The molecule has 1 aromatic heterocycles. The van der Waals surface area contributed by atoms with Gasteiger partial charge in [-0.25, -0.2) is 9.97 Å². The van der Waals surface area contributed by atoms with E-state index in [9.17, 15) is 0 Å². The topological polar surface area (TPSA) is 56.1 Å². The normalized spacial score (nSPS) is 15.4. The van der Waals surface area contributed by atoms with E-state index < -0.39 is 0 Å². The van der Waals surface area contributed by atoms with Crippen LogP contribution in [0.2, 0.25) is 0 Å². The molecule has 1 fully saturated rings. The number of nitriles is 1. The number of aromatic nitrogens is 2. The third kappa shape index (κ3) is 3.66. The van der Waals surface area contributed by atoms with Crippen molar-refractivity contribution in [2.75, 3.05) is 38.1 Å². The molecule has 3 rings (SSSR count). The minimum absolute atomic E-state index is 0.237. The molecule has 2 aromatic rings. The fraction of sp³-hybridized carbons (Fsp3) is 0.389. The van der Waals surface area contributed by atoms with Crippen molar-refractivity contribution in [3.63, 3.8) is 0 Å². The Morgan fingerprint density at radius 2 is 2.00 bits per heavy atom. The number of anilines is 1. The van der Waals surface area contributed by atoms with Crippen molar-refractivity contribution in [1.29, 1.82) is 5.26 Å². The fourth-order valence-corrected chi connectivity index (χ4v) is 2.83. The summed E-state index contributed by atoms with van der Waals surface area (Å²) in [5.74, 6) is 0.237. The second-order valence-electron chi connectivity index (χ2n) is 6.07. The number of hydrogen-bond donors (Lipinski definition) is 0. The first kappa shape index (κ1) is 15.4. The second kappa shape index (κ2) is 6.76. The van der Waals surface area contributed by atoms with Gasteiger partial charge in [-0.05, 0) is 37.2 Å². The van der Waals surface area contributed by atoms with E-state index in [0.717, 1.165) is 43.9 Å². The van der Waals surface area contributed by atoms with Gasteiger partial charge >= 0.3 is 0 Å².